The van der Waals surface area contributed by atoms with Gasteiger partial charge < -0.3 is 0 Å². The van der Waals surface area contributed by atoms with Crippen LogP contribution in [0.2, 0.25) is 17.6 Å². The zero-order valence-electron chi connectivity index (χ0n) is 12.7. The molecular formula is C17H28Si. The maximum Gasteiger partial charge on any atom is 0.0400 e. The van der Waals surface area contributed by atoms with Gasteiger partial charge in [0.2, 0.25) is 0 Å². The van der Waals surface area contributed by atoms with Crippen molar-refractivity contribution in [3.63, 3.8) is 0 Å². The first-order valence-corrected chi connectivity index (χ1v) is 9.98. The first-order valence-electron chi connectivity index (χ1n) is 7.68. The number of benzene rings is 1. The van der Waals surface area contributed by atoms with Crippen LogP contribution < -0.4 is 0 Å². The van der Waals surface area contributed by atoms with E-state index in [1.165, 1.54) is 36.1 Å². The minimum absolute atomic E-state index is 0.522. The van der Waals surface area contributed by atoms with Gasteiger partial charge in [-0.05, 0) is 54.8 Å². The van der Waals surface area contributed by atoms with Crippen molar-refractivity contribution >= 4 is 8.80 Å². The van der Waals surface area contributed by atoms with Gasteiger partial charge in [-0.3, -0.25) is 0 Å². The lowest BCUT2D eigenvalue weighted by molar-refractivity contribution is 0.572. The second kappa shape index (κ2) is 5.60. The van der Waals surface area contributed by atoms with Crippen molar-refractivity contribution in [1.82, 2.24) is 0 Å². The summed E-state index contributed by atoms with van der Waals surface area (Å²) < 4.78 is 0. The zero-order chi connectivity index (χ0) is 13.3. The third kappa shape index (κ3) is 2.42. The van der Waals surface area contributed by atoms with Crippen LogP contribution in [0.1, 0.15) is 55.4 Å². The number of rotatable bonds is 3. The lowest BCUT2D eigenvalue weighted by Crippen LogP contribution is -2.27. The van der Waals surface area contributed by atoms with Gasteiger partial charge in [-0.25, -0.2) is 0 Å². The molecule has 0 aliphatic heterocycles. The first-order chi connectivity index (χ1) is 8.58. The molecule has 0 saturated heterocycles. The molecule has 1 aromatic rings. The molecule has 1 aliphatic rings. The largest absolute Gasteiger partial charge is 0.0680 e. The van der Waals surface area contributed by atoms with Crippen molar-refractivity contribution in [3.05, 3.63) is 34.4 Å². The monoisotopic (exact) mass is 260 g/mol. The third-order valence-electron chi connectivity index (χ3n) is 5.17. The molecule has 2 atom stereocenters. The third-order valence-corrected chi connectivity index (χ3v) is 9.39. The molecule has 2 rings (SSSR count). The molecule has 1 aliphatic carbocycles. The molecule has 1 aromatic carbocycles. The molecular weight excluding hydrogens is 232 g/mol. The van der Waals surface area contributed by atoms with Crippen LogP contribution in [0.15, 0.2) is 12.1 Å². The Morgan fingerprint density at radius 1 is 1.17 bits per heavy atom. The fourth-order valence-corrected chi connectivity index (χ4v) is 7.56. The van der Waals surface area contributed by atoms with Crippen molar-refractivity contribution in [2.45, 2.75) is 71.0 Å². The van der Waals surface area contributed by atoms with Crippen LogP contribution in [0.4, 0.5) is 0 Å². The van der Waals surface area contributed by atoms with Crippen LogP contribution in [-0.2, 0) is 6.42 Å². The van der Waals surface area contributed by atoms with Crippen molar-refractivity contribution in [1.29, 1.82) is 0 Å². The summed E-state index contributed by atoms with van der Waals surface area (Å²) in [6, 6.07) is 7.79. The molecule has 1 heteroatoms. The summed E-state index contributed by atoms with van der Waals surface area (Å²) >= 11 is 0. The Labute approximate surface area is 114 Å². The molecule has 0 aromatic heterocycles. The van der Waals surface area contributed by atoms with E-state index in [2.05, 4.69) is 46.8 Å². The van der Waals surface area contributed by atoms with Crippen LogP contribution in [0, 0.1) is 13.8 Å². The Morgan fingerprint density at radius 3 is 2.44 bits per heavy atom. The Morgan fingerprint density at radius 2 is 1.83 bits per heavy atom. The smallest absolute Gasteiger partial charge is 0.0400 e. The minimum Gasteiger partial charge on any atom is -0.0680 e. The standard InChI is InChI=1S/C17H28Si/c1-6-18(7-2)17-9-8-15-13(4)10-12(3)11-16(15)14(17)5/h10-11,14,17-18H,6-9H2,1-5H3/t14-,17+/m1/s1. The minimum atomic E-state index is -0.522. The lowest BCUT2D eigenvalue weighted by atomic mass is 9.80. The molecule has 18 heavy (non-hydrogen) atoms. The van der Waals surface area contributed by atoms with Crippen molar-refractivity contribution < 1.29 is 0 Å². The molecule has 0 saturated carbocycles. The van der Waals surface area contributed by atoms with Crippen LogP contribution >= 0.6 is 0 Å². The van der Waals surface area contributed by atoms with Crippen LogP contribution in [0.25, 0.3) is 0 Å². The van der Waals surface area contributed by atoms with E-state index in [0.717, 1.165) is 11.5 Å². The quantitative estimate of drug-likeness (QED) is 0.672. The van der Waals surface area contributed by atoms with E-state index < -0.39 is 8.80 Å². The Bertz CT molecular complexity index is 418. The van der Waals surface area contributed by atoms with E-state index in [4.69, 9.17) is 0 Å². The van der Waals surface area contributed by atoms with Gasteiger partial charge in [-0.15, -0.1) is 0 Å². The second-order valence-corrected chi connectivity index (χ2v) is 10.2. The van der Waals surface area contributed by atoms with Gasteiger partial charge in [0.25, 0.3) is 0 Å². The summed E-state index contributed by atoms with van der Waals surface area (Å²) in [5.74, 6) is 0.809. The predicted octanol–water partition coefficient (Wildman–Crippen LogP) is 4.99. The zero-order valence-corrected chi connectivity index (χ0v) is 13.9. The summed E-state index contributed by atoms with van der Waals surface area (Å²) in [5.41, 5.74) is 7.37. The molecule has 0 nitrogen and oxygen atoms in total. The second-order valence-electron chi connectivity index (χ2n) is 6.22. The highest BCUT2D eigenvalue weighted by molar-refractivity contribution is 6.60. The summed E-state index contributed by atoms with van der Waals surface area (Å²) in [4.78, 5) is 0. The summed E-state index contributed by atoms with van der Waals surface area (Å²) in [6.07, 6.45) is 2.79. The van der Waals surface area contributed by atoms with Gasteiger partial charge in [-0.1, -0.05) is 50.6 Å². The Balaban J connectivity index is 2.35. The average Bonchev–Trinajstić information content (AvgIpc) is 2.34. The van der Waals surface area contributed by atoms with Crippen molar-refractivity contribution in [2.75, 3.05) is 0 Å². The van der Waals surface area contributed by atoms with Crippen LogP contribution in [0.5, 0.6) is 0 Å². The van der Waals surface area contributed by atoms with Crippen LogP contribution in [0.3, 0.4) is 0 Å². The fourth-order valence-electron chi connectivity index (χ4n) is 4.11. The Hall–Kier alpha value is -0.563. The van der Waals surface area contributed by atoms with Gasteiger partial charge in [0.05, 0.1) is 0 Å². The molecule has 0 N–H and O–H groups in total. The molecule has 100 valence electrons. The highest BCUT2D eigenvalue weighted by Crippen LogP contribution is 2.44. The number of aryl methyl sites for hydroxylation is 2. The van der Waals surface area contributed by atoms with Gasteiger partial charge in [0.1, 0.15) is 0 Å². The van der Waals surface area contributed by atoms with Gasteiger partial charge in [0.15, 0.2) is 0 Å². The number of hydrogen-bond donors (Lipinski definition) is 0. The molecule has 0 spiro atoms. The average molecular weight is 260 g/mol. The van der Waals surface area contributed by atoms with E-state index in [-0.39, 0.29) is 0 Å². The van der Waals surface area contributed by atoms with E-state index >= 15 is 0 Å². The van der Waals surface area contributed by atoms with Gasteiger partial charge >= 0.3 is 0 Å². The maximum atomic E-state index is 2.49. The molecule has 0 heterocycles. The Kier molecular flexibility index (Phi) is 4.31. The molecule has 0 amide bonds. The predicted molar refractivity (Wildman–Crippen MR) is 84.5 cm³/mol. The summed E-state index contributed by atoms with van der Waals surface area (Å²) in [6.45, 7) is 11.9. The van der Waals surface area contributed by atoms with E-state index in [9.17, 15) is 0 Å². The van der Waals surface area contributed by atoms with E-state index in [0.29, 0.717) is 0 Å². The fraction of sp³-hybridized carbons (Fsp3) is 0.647. The SMILES string of the molecule is CC[SiH](CC)[C@H]1CCc2c(C)cc(C)cc2[C@H]1C. The molecule has 0 fully saturated rings. The maximum absolute atomic E-state index is 2.49. The topological polar surface area (TPSA) is 0 Å². The van der Waals surface area contributed by atoms with Crippen LogP contribution in [-0.4, -0.2) is 8.80 Å². The van der Waals surface area contributed by atoms with Crippen molar-refractivity contribution in [2.24, 2.45) is 0 Å². The van der Waals surface area contributed by atoms with Crippen molar-refractivity contribution in [3.8, 4) is 0 Å². The normalized spacial score (nSPS) is 23.2. The summed E-state index contributed by atoms with van der Waals surface area (Å²) in [5, 5.41) is 0. The highest BCUT2D eigenvalue weighted by Gasteiger charge is 2.31. The lowest BCUT2D eigenvalue weighted by Gasteiger charge is -2.36. The number of fused-ring (bicyclic) bond motifs is 1. The van der Waals surface area contributed by atoms with E-state index in [1.54, 1.807) is 11.1 Å². The van der Waals surface area contributed by atoms with Gasteiger partial charge in [-0.2, -0.15) is 0 Å². The highest BCUT2D eigenvalue weighted by atomic mass is 28.3. The summed E-state index contributed by atoms with van der Waals surface area (Å²) in [7, 11) is -0.522. The molecule has 0 bridgehead atoms. The van der Waals surface area contributed by atoms with E-state index in [1.807, 2.05) is 0 Å². The van der Waals surface area contributed by atoms with Gasteiger partial charge in [0, 0.05) is 8.80 Å². The molecule has 0 unspecified atom stereocenters. The first kappa shape index (κ1) is 13.9. The number of hydrogen-bond acceptors (Lipinski definition) is 0. The molecule has 0 radical (unpaired) electrons.